The van der Waals surface area contributed by atoms with Crippen molar-refractivity contribution in [1.29, 1.82) is 0 Å². The standard InChI is InChI=1S/C19H28N6O4/c1-12(2)7-9-24-15-16(21-18(24)23-8-5-6-13(20)10-23)22(3)19(28)25(17(15)27)11-14(26)29-4/h7,13H,5-6,8-11,20H2,1-4H3/t13-/m0/s1. The van der Waals surface area contributed by atoms with Crippen LogP contribution in [0.2, 0.25) is 0 Å². The first-order valence-corrected chi connectivity index (χ1v) is 9.65. The average molecular weight is 404 g/mol. The zero-order chi connectivity index (χ0) is 21.3. The highest BCUT2D eigenvalue weighted by Crippen LogP contribution is 2.23. The Morgan fingerprint density at radius 3 is 2.66 bits per heavy atom. The van der Waals surface area contributed by atoms with Crippen molar-refractivity contribution in [3.63, 3.8) is 0 Å². The van der Waals surface area contributed by atoms with Crippen LogP contribution in [-0.2, 0) is 29.7 Å². The molecule has 29 heavy (non-hydrogen) atoms. The molecule has 2 aromatic rings. The lowest BCUT2D eigenvalue weighted by Gasteiger charge is -2.31. The van der Waals surface area contributed by atoms with Crippen molar-refractivity contribution >= 4 is 23.1 Å². The molecule has 158 valence electrons. The number of fused-ring (bicyclic) bond motifs is 1. The third kappa shape index (κ3) is 3.98. The summed E-state index contributed by atoms with van der Waals surface area (Å²) in [7, 11) is 2.76. The van der Waals surface area contributed by atoms with E-state index in [1.165, 1.54) is 11.7 Å². The molecule has 10 heteroatoms. The van der Waals surface area contributed by atoms with Gasteiger partial charge in [0.1, 0.15) is 6.54 Å². The fourth-order valence-corrected chi connectivity index (χ4v) is 3.57. The van der Waals surface area contributed by atoms with Gasteiger partial charge in [-0.05, 0) is 26.7 Å². The Labute approximate surface area is 168 Å². The Bertz CT molecular complexity index is 1070. The minimum Gasteiger partial charge on any atom is -0.468 e. The quantitative estimate of drug-likeness (QED) is 0.549. The number of esters is 1. The molecule has 1 aliphatic heterocycles. The van der Waals surface area contributed by atoms with Gasteiger partial charge in [0, 0.05) is 32.7 Å². The molecule has 0 radical (unpaired) electrons. The van der Waals surface area contributed by atoms with Crippen LogP contribution in [0.3, 0.4) is 0 Å². The zero-order valence-corrected chi connectivity index (χ0v) is 17.3. The van der Waals surface area contributed by atoms with Gasteiger partial charge in [-0.25, -0.2) is 9.36 Å². The fraction of sp³-hybridized carbons (Fsp3) is 0.579. The normalized spacial score (nSPS) is 16.9. The van der Waals surface area contributed by atoms with Crippen LogP contribution >= 0.6 is 0 Å². The molecular weight excluding hydrogens is 376 g/mol. The Balaban J connectivity index is 2.28. The van der Waals surface area contributed by atoms with Gasteiger partial charge in [0.2, 0.25) is 5.95 Å². The first-order valence-electron chi connectivity index (χ1n) is 9.65. The molecule has 0 aliphatic carbocycles. The number of nitrogens with zero attached hydrogens (tertiary/aromatic N) is 5. The molecule has 1 saturated heterocycles. The molecular formula is C19H28N6O4. The van der Waals surface area contributed by atoms with Gasteiger partial charge in [0.05, 0.1) is 7.11 Å². The lowest BCUT2D eigenvalue weighted by atomic mass is 10.1. The van der Waals surface area contributed by atoms with Crippen LogP contribution in [0, 0.1) is 0 Å². The highest BCUT2D eigenvalue weighted by Gasteiger charge is 2.26. The largest absolute Gasteiger partial charge is 0.468 e. The lowest BCUT2D eigenvalue weighted by Crippen LogP contribution is -2.44. The van der Waals surface area contributed by atoms with E-state index in [1.807, 2.05) is 19.9 Å². The summed E-state index contributed by atoms with van der Waals surface area (Å²) in [6.07, 6.45) is 3.86. The van der Waals surface area contributed by atoms with E-state index >= 15 is 0 Å². The second-order valence-corrected chi connectivity index (χ2v) is 7.63. The van der Waals surface area contributed by atoms with E-state index in [4.69, 9.17) is 5.73 Å². The second-order valence-electron chi connectivity index (χ2n) is 7.63. The highest BCUT2D eigenvalue weighted by molar-refractivity contribution is 5.75. The maximum absolute atomic E-state index is 13.2. The number of carbonyl (C=O) groups excluding carboxylic acids is 1. The van der Waals surface area contributed by atoms with E-state index < -0.39 is 23.8 Å². The van der Waals surface area contributed by atoms with Crippen LogP contribution in [0.5, 0.6) is 0 Å². The van der Waals surface area contributed by atoms with E-state index in [1.54, 1.807) is 11.6 Å². The number of nitrogens with two attached hydrogens (primary N) is 1. The summed E-state index contributed by atoms with van der Waals surface area (Å²) < 4.78 is 8.63. The number of piperidine rings is 1. The maximum Gasteiger partial charge on any atom is 0.333 e. The number of hydrogen-bond donors (Lipinski definition) is 1. The van der Waals surface area contributed by atoms with Gasteiger partial charge in [-0.2, -0.15) is 4.98 Å². The molecule has 3 heterocycles. The Morgan fingerprint density at radius 1 is 1.31 bits per heavy atom. The number of hydrogen-bond acceptors (Lipinski definition) is 7. The van der Waals surface area contributed by atoms with Gasteiger partial charge in [0.25, 0.3) is 5.56 Å². The number of anilines is 1. The van der Waals surface area contributed by atoms with Crippen LogP contribution in [0.4, 0.5) is 5.95 Å². The number of methoxy groups -OCH3 is 1. The number of imidazole rings is 1. The summed E-state index contributed by atoms with van der Waals surface area (Å²) in [6.45, 7) is 5.32. The predicted octanol–water partition coefficient (Wildman–Crippen LogP) is -0.0366. The van der Waals surface area contributed by atoms with Crippen molar-refractivity contribution < 1.29 is 9.53 Å². The van der Waals surface area contributed by atoms with E-state index in [2.05, 4.69) is 14.6 Å². The van der Waals surface area contributed by atoms with Crippen molar-refractivity contribution in [2.75, 3.05) is 25.1 Å². The van der Waals surface area contributed by atoms with Crippen molar-refractivity contribution in [3.8, 4) is 0 Å². The minimum absolute atomic E-state index is 0.0280. The first-order chi connectivity index (χ1) is 13.7. The summed E-state index contributed by atoms with van der Waals surface area (Å²) >= 11 is 0. The second kappa shape index (κ2) is 8.24. The highest BCUT2D eigenvalue weighted by atomic mass is 16.5. The Morgan fingerprint density at radius 2 is 2.03 bits per heavy atom. The molecule has 0 unspecified atom stereocenters. The SMILES string of the molecule is COC(=O)Cn1c(=O)c2c(nc(N3CCC[C@H](N)C3)n2CC=C(C)C)n(C)c1=O. The van der Waals surface area contributed by atoms with Gasteiger partial charge in [-0.1, -0.05) is 11.6 Å². The summed E-state index contributed by atoms with van der Waals surface area (Å²) in [5, 5.41) is 0. The van der Waals surface area contributed by atoms with E-state index in [-0.39, 0.29) is 17.2 Å². The van der Waals surface area contributed by atoms with Gasteiger partial charge in [0.15, 0.2) is 11.2 Å². The van der Waals surface area contributed by atoms with Crippen molar-refractivity contribution in [1.82, 2.24) is 18.7 Å². The summed E-state index contributed by atoms with van der Waals surface area (Å²) in [5.74, 6) is -0.0586. The fourth-order valence-electron chi connectivity index (χ4n) is 3.57. The number of ether oxygens (including phenoxy) is 1. The van der Waals surface area contributed by atoms with Crippen molar-refractivity contribution in [2.24, 2.45) is 12.8 Å². The average Bonchev–Trinajstić information content (AvgIpc) is 3.07. The predicted molar refractivity (Wildman–Crippen MR) is 110 cm³/mol. The van der Waals surface area contributed by atoms with E-state index in [9.17, 15) is 14.4 Å². The molecule has 2 N–H and O–H groups in total. The molecule has 0 saturated carbocycles. The van der Waals surface area contributed by atoms with Crippen LogP contribution in [-0.4, -0.2) is 50.9 Å². The summed E-state index contributed by atoms with van der Waals surface area (Å²) in [6, 6.07) is 0.0280. The Hall–Kier alpha value is -2.88. The van der Waals surface area contributed by atoms with Crippen molar-refractivity contribution in [3.05, 3.63) is 32.5 Å². The molecule has 3 rings (SSSR count). The number of allylic oxidation sites excluding steroid dienone is 2. The van der Waals surface area contributed by atoms with E-state index in [0.29, 0.717) is 19.0 Å². The first kappa shape index (κ1) is 20.8. The third-order valence-electron chi connectivity index (χ3n) is 5.15. The van der Waals surface area contributed by atoms with Crippen LogP contribution in [0.15, 0.2) is 21.2 Å². The molecule has 10 nitrogen and oxygen atoms in total. The summed E-state index contributed by atoms with van der Waals surface area (Å²) in [4.78, 5) is 44.3. The molecule has 0 bridgehead atoms. The van der Waals surface area contributed by atoms with Crippen LogP contribution < -0.4 is 21.9 Å². The molecule has 1 atom stereocenters. The summed E-state index contributed by atoms with van der Waals surface area (Å²) in [5.41, 5.74) is 6.64. The lowest BCUT2D eigenvalue weighted by molar-refractivity contribution is -0.141. The van der Waals surface area contributed by atoms with Gasteiger partial charge >= 0.3 is 11.7 Å². The molecule has 1 fully saturated rings. The van der Waals surface area contributed by atoms with Gasteiger partial charge in [-0.15, -0.1) is 0 Å². The van der Waals surface area contributed by atoms with Gasteiger partial charge in [-0.3, -0.25) is 14.2 Å². The number of aryl methyl sites for hydroxylation is 1. The number of carbonyl (C=O) groups is 1. The van der Waals surface area contributed by atoms with E-state index in [0.717, 1.165) is 29.5 Å². The molecule has 2 aromatic heterocycles. The van der Waals surface area contributed by atoms with Gasteiger partial charge < -0.3 is 19.9 Å². The van der Waals surface area contributed by atoms with Crippen molar-refractivity contribution in [2.45, 2.75) is 45.8 Å². The number of aromatic nitrogens is 4. The zero-order valence-electron chi connectivity index (χ0n) is 17.3. The van der Waals surface area contributed by atoms with Crippen LogP contribution in [0.1, 0.15) is 26.7 Å². The van der Waals surface area contributed by atoms with Crippen LogP contribution in [0.25, 0.3) is 11.2 Å². The Kier molecular flexibility index (Phi) is 5.92. The monoisotopic (exact) mass is 404 g/mol. The maximum atomic E-state index is 13.2. The topological polar surface area (TPSA) is 117 Å². The molecule has 0 aromatic carbocycles. The molecule has 1 aliphatic rings. The molecule has 0 spiro atoms. The minimum atomic E-state index is -0.666. The third-order valence-corrected chi connectivity index (χ3v) is 5.15. The smallest absolute Gasteiger partial charge is 0.333 e. The molecule has 0 amide bonds. The number of rotatable bonds is 5.